The molecule has 1 aromatic heterocycles. The number of sulfonamides is 1. The Kier molecular flexibility index (Phi) is 8.40. The van der Waals surface area contributed by atoms with Gasteiger partial charge in [-0.15, -0.1) is 0 Å². The van der Waals surface area contributed by atoms with Crippen molar-refractivity contribution in [1.29, 1.82) is 0 Å². The highest BCUT2D eigenvalue weighted by atomic mass is 32.2. The van der Waals surface area contributed by atoms with Crippen LogP contribution in [0.25, 0.3) is 22.2 Å². The smallest absolute Gasteiger partial charge is 0.264 e. The van der Waals surface area contributed by atoms with Crippen molar-refractivity contribution in [2.24, 2.45) is 11.3 Å². The number of hydrogen-bond donors (Lipinski definition) is 1. The van der Waals surface area contributed by atoms with E-state index in [-0.39, 0.29) is 29.7 Å². The van der Waals surface area contributed by atoms with Gasteiger partial charge < -0.3 is 19.1 Å². The summed E-state index contributed by atoms with van der Waals surface area (Å²) in [6.07, 6.45) is 8.51. The van der Waals surface area contributed by atoms with Gasteiger partial charge in [-0.25, -0.2) is 13.1 Å². The van der Waals surface area contributed by atoms with Crippen molar-refractivity contribution in [2.45, 2.75) is 89.8 Å². The maximum atomic E-state index is 14.4. The number of likely N-dealkylation sites (N-methyl/N-ethyl adjacent to an activating group) is 1. The van der Waals surface area contributed by atoms with Crippen LogP contribution >= 0.6 is 0 Å². The van der Waals surface area contributed by atoms with Crippen molar-refractivity contribution < 1.29 is 22.7 Å². The fourth-order valence-electron chi connectivity index (χ4n) is 8.55. The van der Waals surface area contributed by atoms with E-state index in [1.807, 2.05) is 38.1 Å². The molecule has 0 spiro atoms. The molecule has 10 heteroatoms. The van der Waals surface area contributed by atoms with E-state index in [1.165, 1.54) is 24.8 Å². The number of nitrogens with one attached hydrogen (secondary N) is 1. The summed E-state index contributed by atoms with van der Waals surface area (Å²) in [6, 6.07) is 14.3. The second kappa shape index (κ2) is 12.3. The monoisotopic (exact) mass is 660 g/mol. The van der Waals surface area contributed by atoms with Gasteiger partial charge in [0, 0.05) is 48.2 Å². The lowest BCUT2D eigenvalue weighted by Gasteiger charge is -2.56. The minimum atomic E-state index is -3.78. The summed E-state index contributed by atoms with van der Waals surface area (Å²) < 4.78 is 35.6. The number of rotatable bonds is 10. The van der Waals surface area contributed by atoms with Crippen LogP contribution in [0.2, 0.25) is 0 Å². The van der Waals surface area contributed by atoms with Gasteiger partial charge in [0.1, 0.15) is 5.75 Å². The van der Waals surface area contributed by atoms with Crippen LogP contribution in [0.1, 0.15) is 87.1 Å². The zero-order valence-corrected chi connectivity index (χ0v) is 28.9. The number of likely N-dealkylation sites (tertiary alicyclic amines) is 2. The van der Waals surface area contributed by atoms with Crippen LogP contribution in [0, 0.1) is 11.3 Å². The van der Waals surface area contributed by atoms with E-state index < -0.39 is 21.3 Å². The lowest BCUT2D eigenvalue weighted by atomic mass is 9.81. The van der Waals surface area contributed by atoms with Gasteiger partial charge in [-0.1, -0.05) is 39.2 Å². The van der Waals surface area contributed by atoms with Crippen molar-refractivity contribution in [3.8, 4) is 17.0 Å². The quantitative estimate of drug-likeness (QED) is 0.296. The van der Waals surface area contributed by atoms with Gasteiger partial charge in [0.05, 0.1) is 24.0 Å². The van der Waals surface area contributed by atoms with E-state index >= 15 is 0 Å². The normalized spacial score (nSPS) is 22.7. The highest BCUT2D eigenvalue weighted by Gasteiger charge is 2.58. The Labute approximate surface area is 278 Å². The van der Waals surface area contributed by atoms with Crippen LogP contribution in [0.15, 0.2) is 42.5 Å². The molecular formula is C37H48N4O5S. The number of benzene rings is 2. The molecule has 1 N–H and O–H groups in total. The number of carbonyl (C=O) groups is 2. The summed E-state index contributed by atoms with van der Waals surface area (Å²) in [5.74, 6) is 0.544. The van der Waals surface area contributed by atoms with Crippen LogP contribution in [-0.2, 0) is 21.4 Å². The summed E-state index contributed by atoms with van der Waals surface area (Å²) in [7, 11) is 0.0192. The van der Waals surface area contributed by atoms with Crippen LogP contribution in [-0.4, -0.2) is 79.7 Å². The highest BCUT2D eigenvalue weighted by Crippen LogP contribution is 2.54. The highest BCUT2D eigenvalue weighted by molar-refractivity contribution is 7.90. The number of fused-ring (bicyclic) bond motifs is 3. The first-order chi connectivity index (χ1) is 22.5. The van der Waals surface area contributed by atoms with Crippen molar-refractivity contribution in [3.63, 3.8) is 0 Å². The number of ether oxygens (including phenoxy) is 1. The first-order valence-corrected chi connectivity index (χ1v) is 19.0. The van der Waals surface area contributed by atoms with Gasteiger partial charge in [-0.3, -0.25) is 9.59 Å². The fraction of sp³-hybridized carbons (Fsp3) is 0.568. The Hall–Kier alpha value is -3.37. The Morgan fingerprint density at radius 2 is 1.68 bits per heavy atom. The van der Waals surface area contributed by atoms with Gasteiger partial charge in [0.15, 0.2) is 0 Å². The maximum Gasteiger partial charge on any atom is 0.264 e. The second-order valence-corrected chi connectivity index (χ2v) is 16.8. The molecule has 2 aliphatic heterocycles. The summed E-state index contributed by atoms with van der Waals surface area (Å²) in [5, 5.41) is 1.08. The molecule has 2 aliphatic carbocycles. The summed E-state index contributed by atoms with van der Waals surface area (Å²) in [6.45, 7) is 6.00. The summed E-state index contributed by atoms with van der Waals surface area (Å²) in [5.41, 5.74) is 4.13. The minimum absolute atomic E-state index is 0.108. The molecule has 2 aromatic carbocycles. The van der Waals surface area contributed by atoms with Crippen LogP contribution < -0.4 is 9.46 Å². The Balaban J connectivity index is 1.35. The predicted octanol–water partition coefficient (Wildman–Crippen LogP) is 5.78. The SMILES string of the molecule is COc1ccc(-c2c(C3CCCCC3)c3ccc(C(=O)NS(=O)(=O)CC(C)C)cc3n2CC2(C(=O)N3C4CC3CN(C)C4)CC2)cc1. The van der Waals surface area contributed by atoms with Gasteiger partial charge in [0.25, 0.3) is 5.91 Å². The van der Waals surface area contributed by atoms with Gasteiger partial charge in [-0.2, -0.15) is 0 Å². The number of piperazine rings is 1. The molecule has 2 unspecified atom stereocenters. The third-order valence-corrected chi connectivity index (χ3v) is 12.5. The van der Waals surface area contributed by atoms with Crippen molar-refractivity contribution in [3.05, 3.63) is 53.6 Å². The van der Waals surface area contributed by atoms with Crippen LogP contribution in [0.4, 0.5) is 0 Å². The molecule has 4 aliphatic rings. The first-order valence-electron chi connectivity index (χ1n) is 17.4. The third-order valence-electron chi connectivity index (χ3n) is 10.9. The molecule has 47 heavy (non-hydrogen) atoms. The topological polar surface area (TPSA) is 101 Å². The zero-order valence-electron chi connectivity index (χ0n) is 28.1. The summed E-state index contributed by atoms with van der Waals surface area (Å²) >= 11 is 0. The average Bonchev–Trinajstić information content (AvgIpc) is 3.76. The van der Waals surface area contributed by atoms with Crippen molar-refractivity contribution >= 4 is 32.7 Å². The van der Waals surface area contributed by atoms with E-state index in [9.17, 15) is 18.0 Å². The molecule has 2 saturated carbocycles. The zero-order chi connectivity index (χ0) is 33.1. The molecule has 0 radical (unpaired) electrons. The van der Waals surface area contributed by atoms with Gasteiger partial charge in [0.2, 0.25) is 15.9 Å². The van der Waals surface area contributed by atoms with Crippen molar-refractivity contribution in [1.82, 2.24) is 19.1 Å². The molecular weight excluding hydrogens is 612 g/mol. The maximum absolute atomic E-state index is 14.4. The molecule has 2 bridgehead atoms. The van der Waals surface area contributed by atoms with E-state index in [0.29, 0.717) is 18.0 Å². The number of nitrogens with zero attached hydrogens (tertiary/aromatic N) is 3. The third kappa shape index (κ3) is 6.07. The van der Waals surface area contributed by atoms with E-state index in [0.717, 1.165) is 73.1 Å². The number of piperidine rings is 1. The lowest BCUT2D eigenvalue weighted by Crippen LogP contribution is -2.70. The van der Waals surface area contributed by atoms with Crippen LogP contribution in [0.5, 0.6) is 5.75 Å². The van der Waals surface area contributed by atoms with Gasteiger partial charge >= 0.3 is 0 Å². The second-order valence-electron chi connectivity index (χ2n) is 15.0. The molecule has 2 saturated heterocycles. The fourth-order valence-corrected chi connectivity index (χ4v) is 9.91. The number of amides is 2. The number of aromatic nitrogens is 1. The molecule has 2 amide bonds. The van der Waals surface area contributed by atoms with Gasteiger partial charge in [-0.05, 0) is 98.5 Å². The molecule has 4 fully saturated rings. The average molecular weight is 661 g/mol. The number of hydrogen-bond acceptors (Lipinski definition) is 6. The van der Waals surface area contributed by atoms with E-state index in [4.69, 9.17) is 4.74 Å². The largest absolute Gasteiger partial charge is 0.497 e. The predicted molar refractivity (Wildman–Crippen MR) is 184 cm³/mol. The molecule has 2 atom stereocenters. The van der Waals surface area contributed by atoms with E-state index in [2.05, 4.69) is 38.3 Å². The molecule has 9 nitrogen and oxygen atoms in total. The lowest BCUT2D eigenvalue weighted by molar-refractivity contribution is -0.159. The molecule has 7 rings (SSSR count). The minimum Gasteiger partial charge on any atom is -0.497 e. The number of methoxy groups -OCH3 is 1. The van der Waals surface area contributed by atoms with Crippen LogP contribution in [0.3, 0.4) is 0 Å². The first kappa shape index (κ1) is 32.2. The molecule has 3 aromatic rings. The van der Waals surface area contributed by atoms with Crippen molar-refractivity contribution in [2.75, 3.05) is 33.0 Å². The molecule has 252 valence electrons. The summed E-state index contributed by atoms with van der Waals surface area (Å²) in [4.78, 5) is 32.3. The standard InChI is InChI=1S/C37H48N4O5S/c1-24(2)22-47(44,45)38-35(42)27-12-15-31-32(18-27)40(23-37(16-17-37)36(43)41-28-19-29(41)21-39(3)20-28)34(26-10-13-30(46-4)14-11-26)33(31)25-8-6-5-7-9-25/h10-15,18,24-25,28-29H,5-9,16-17,19-23H2,1-4H3,(H,38,42). The Morgan fingerprint density at radius 3 is 2.30 bits per heavy atom. The van der Waals surface area contributed by atoms with E-state index in [1.54, 1.807) is 13.2 Å². The molecule has 3 heterocycles. The number of carbonyl (C=O) groups excluding carboxylic acids is 2. The Bertz CT molecular complexity index is 1770. The Morgan fingerprint density at radius 1 is 1.00 bits per heavy atom.